The number of rotatable bonds is 3. The molecule has 2 heterocycles. The summed E-state index contributed by atoms with van der Waals surface area (Å²) < 4.78 is 40.2. The van der Waals surface area contributed by atoms with Crippen LogP contribution in [0.2, 0.25) is 0 Å². The Morgan fingerprint density at radius 2 is 2.10 bits per heavy atom. The maximum Gasteiger partial charge on any atom is 0.421 e. The zero-order valence-electron chi connectivity index (χ0n) is 11.9. The largest absolute Gasteiger partial charge is 0.421 e. The average molecular weight is 302 g/mol. The van der Waals surface area contributed by atoms with E-state index in [9.17, 15) is 13.2 Å². The molecule has 1 atom stereocenters. The molecule has 2 rings (SSSR count). The predicted octanol–water partition coefficient (Wildman–Crippen LogP) is 1.20. The normalized spacial score (nSPS) is 22.7. The highest BCUT2D eigenvalue weighted by atomic mass is 19.4. The van der Waals surface area contributed by atoms with Gasteiger partial charge in [0.2, 0.25) is 5.79 Å². The van der Waals surface area contributed by atoms with Gasteiger partial charge in [-0.25, -0.2) is 4.99 Å². The van der Waals surface area contributed by atoms with E-state index in [0.29, 0.717) is 5.69 Å². The van der Waals surface area contributed by atoms with Crippen LogP contribution in [0.3, 0.4) is 0 Å². The minimum Gasteiger partial charge on any atom is -0.374 e. The molecule has 116 valence electrons. The predicted molar refractivity (Wildman–Crippen MR) is 72.2 cm³/mol. The Morgan fingerprint density at radius 3 is 2.57 bits per heavy atom. The molecule has 0 aromatic carbocycles. The van der Waals surface area contributed by atoms with Gasteiger partial charge in [-0.3, -0.25) is 10.4 Å². The van der Waals surface area contributed by atoms with Gasteiger partial charge in [0.25, 0.3) is 0 Å². The molecule has 0 saturated carbocycles. The van der Waals surface area contributed by atoms with E-state index in [1.807, 2.05) is 13.8 Å². The van der Waals surface area contributed by atoms with Crippen molar-refractivity contribution in [2.75, 3.05) is 7.05 Å². The Morgan fingerprint density at radius 1 is 1.43 bits per heavy atom. The van der Waals surface area contributed by atoms with Gasteiger partial charge in [-0.1, -0.05) is 0 Å². The lowest BCUT2D eigenvalue weighted by molar-refractivity contribution is -0.0876. The highest BCUT2D eigenvalue weighted by molar-refractivity contribution is 5.82. The first-order valence-corrected chi connectivity index (χ1v) is 6.34. The number of nitrogens with one attached hydrogen (secondary N) is 2. The van der Waals surface area contributed by atoms with E-state index in [1.54, 1.807) is 16.9 Å². The fourth-order valence-electron chi connectivity index (χ4n) is 1.89. The quantitative estimate of drug-likeness (QED) is 0.784. The van der Waals surface area contributed by atoms with Gasteiger partial charge >= 0.3 is 6.18 Å². The fraction of sp³-hybridized carbons (Fsp3) is 0.500. The van der Waals surface area contributed by atoms with Crippen LogP contribution in [0, 0.1) is 0 Å². The summed E-state index contributed by atoms with van der Waals surface area (Å²) in [7, 11) is 1.38. The average Bonchev–Trinajstić information content (AvgIpc) is 2.87. The van der Waals surface area contributed by atoms with Crippen LogP contribution in [-0.4, -0.2) is 29.2 Å². The van der Waals surface area contributed by atoms with Crippen molar-refractivity contribution in [1.29, 1.82) is 0 Å². The molecule has 0 bridgehead atoms. The molecule has 6 nitrogen and oxygen atoms in total. The standard InChI is InChI=1S/C12H17F3N6/c1-7(2)21-5-4-9(20-21)12(16)18-6-8(11(13,14)15)10(17-3)19-12/h4-7,17,19H,16H2,1-3H3. The molecule has 0 fully saturated rings. The van der Waals surface area contributed by atoms with Gasteiger partial charge in [0, 0.05) is 25.5 Å². The van der Waals surface area contributed by atoms with Gasteiger partial charge < -0.3 is 10.6 Å². The van der Waals surface area contributed by atoms with Gasteiger partial charge in [0.05, 0.1) is 0 Å². The molecule has 9 heteroatoms. The van der Waals surface area contributed by atoms with Crippen LogP contribution < -0.4 is 16.4 Å². The second-order valence-corrected chi connectivity index (χ2v) is 4.96. The Labute approximate surface area is 119 Å². The van der Waals surface area contributed by atoms with Gasteiger partial charge in [-0.2, -0.15) is 18.3 Å². The van der Waals surface area contributed by atoms with E-state index in [-0.39, 0.29) is 11.9 Å². The number of hydrogen-bond acceptors (Lipinski definition) is 5. The lowest BCUT2D eigenvalue weighted by atomic mass is 10.1. The summed E-state index contributed by atoms with van der Waals surface area (Å²) in [6.45, 7) is 3.86. The maximum atomic E-state index is 12.9. The van der Waals surface area contributed by atoms with Crippen LogP contribution in [-0.2, 0) is 5.79 Å². The van der Waals surface area contributed by atoms with E-state index in [1.165, 1.54) is 7.05 Å². The Hall–Kier alpha value is -2.03. The minimum absolute atomic E-state index is 0.111. The lowest BCUT2D eigenvalue weighted by Crippen LogP contribution is -2.54. The summed E-state index contributed by atoms with van der Waals surface area (Å²) in [5, 5.41) is 9.26. The SMILES string of the molecule is CNC1=C(C(F)(F)F)C=NC(N)(c2ccn(C(C)C)n2)N1. The number of aliphatic imine (C=N–C) groups is 1. The van der Waals surface area contributed by atoms with Gasteiger partial charge in [0.15, 0.2) is 0 Å². The number of alkyl halides is 3. The van der Waals surface area contributed by atoms with Crippen LogP contribution >= 0.6 is 0 Å². The summed E-state index contributed by atoms with van der Waals surface area (Å²) in [6.07, 6.45) is -2.10. The van der Waals surface area contributed by atoms with Crippen LogP contribution in [0.1, 0.15) is 25.6 Å². The highest BCUT2D eigenvalue weighted by Gasteiger charge is 2.41. The molecular formula is C12H17F3N6. The number of nitrogens with two attached hydrogens (primary N) is 1. The third-order valence-corrected chi connectivity index (χ3v) is 3.07. The molecule has 21 heavy (non-hydrogen) atoms. The first-order chi connectivity index (χ1) is 9.67. The van der Waals surface area contributed by atoms with E-state index in [0.717, 1.165) is 6.21 Å². The summed E-state index contributed by atoms with van der Waals surface area (Å²) in [5.41, 5.74) is 5.47. The van der Waals surface area contributed by atoms with E-state index in [4.69, 9.17) is 5.73 Å². The first-order valence-electron chi connectivity index (χ1n) is 6.34. The molecule has 0 radical (unpaired) electrons. The second kappa shape index (κ2) is 5.06. The van der Waals surface area contributed by atoms with Crippen molar-refractivity contribution in [3.05, 3.63) is 29.4 Å². The van der Waals surface area contributed by atoms with E-state index >= 15 is 0 Å². The first kappa shape index (κ1) is 15.4. The van der Waals surface area contributed by atoms with Crippen molar-refractivity contribution in [3.63, 3.8) is 0 Å². The van der Waals surface area contributed by atoms with Gasteiger partial charge in [0.1, 0.15) is 17.1 Å². The summed E-state index contributed by atoms with van der Waals surface area (Å²) >= 11 is 0. The van der Waals surface area contributed by atoms with Crippen LogP contribution in [0.25, 0.3) is 0 Å². The minimum atomic E-state index is -4.52. The zero-order valence-corrected chi connectivity index (χ0v) is 11.9. The molecule has 0 aliphatic carbocycles. The molecule has 4 N–H and O–H groups in total. The molecular weight excluding hydrogens is 285 g/mol. The van der Waals surface area contributed by atoms with Crippen molar-refractivity contribution < 1.29 is 13.2 Å². The summed E-state index contributed by atoms with van der Waals surface area (Å²) in [5.74, 6) is -1.77. The lowest BCUT2D eigenvalue weighted by Gasteiger charge is -2.31. The Kier molecular flexibility index (Phi) is 3.70. The van der Waals surface area contributed by atoms with E-state index in [2.05, 4.69) is 20.7 Å². The van der Waals surface area contributed by atoms with Crippen molar-refractivity contribution in [1.82, 2.24) is 20.4 Å². The number of nitrogens with zero attached hydrogens (tertiary/aromatic N) is 3. The second-order valence-electron chi connectivity index (χ2n) is 4.96. The molecule has 0 saturated heterocycles. The molecule has 1 aromatic rings. The monoisotopic (exact) mass is 302 g/mol. The van der Waals surface area contributed by atoms with Crippen molar-refractivity contribution >= 4 is 6.21 Å². The van der Waals surface area contributed by atoms with Crippen molar-refractivity contribution in [2.45, 2.75) is 31.9 Å². The van der Waals surface area contributed by atoms with Gasteiger partial charge in [-0.15, -0.1) is 0 Å². The number of aromatic nitrogens is 2. The van der Waals surface area contributed by atoms with Crippen LogP contribution in [0.5, 0.6) is 0 Å². The van der Waals surface area contributed by atoms with Gasteiger partial charge in [-0.05, 0) is 19.9 Å². The molecule has 1 aliphatic rings. The third-order valence-electron chi connectivity index (χ3n) is 3.07. The molecule has 1 aliphatic heterocycles. The third kappa shape index (κ3) is 2.87. The Balaban J connectivity index is 2.35. The number of hydrogen-bond donors (Lipinski definition) is 3. The zero-order chi connectivity index (χ0) is 15.8. The van der Waals surface area contributed by atoms with Crippen molar-refractivity contribution in [2.24, 2.45) is 10.7 Å². The summed E-state index contributed by atoms with van der Waals surface area (Å²) in [4.78, 5) is 3.80. The molecule has 0 amide bonds. The fourth-order valence-corrected chi connectivity index (χ4v) is 1.89. The van der Waals surface area contributed by atoms with E-state index < -0.39 is 17.5 Å². The number of allylic oxidation sites excluding steroid dienone is 1. The summed E-state index contributed by atoms with van der Waals surface area (Å²) in [6, 6.07) is 1.73. The van der Waals surface area contributed by atoms with Crippen molar-refractivity contribution in [3.8, 4) is 0 Å². The van der Waals surface area contributed by atoms with Crippen LogP contribution in [0.4, 0.5) is 13.2 Å². The smallest absolute Gasteiger partial charge is 0.374 e. The molecule has 1 aromatic heterocycles. The molecule has 0 spiro atoms. The maximum absolute atomic E-state index is 12.9. The Bertz CT molecular complexity index is 586. The molecule has 1 unspecified atom stereocenters. The van der Waals surface area contributed by atoms with Crippen LogP contribution in [0.15, 0.2) is 28.6 Å². The highest BCUT2D eigenvalue weighted by Crippen LogP contribution is 2.30. The topological polar surface area (TPSA) is 80.3 Å². The number of halogens is 3.